The number of fused-ring (bicyclic) bond motifs is 1. The van der Waals surface area contributed by atoms with E-state index in [0.717, 1.165) is 67.1 Å². The van der Waals surface area contributed by atoms with Gasteiger partial charge in [-0.05, 0) is 31.4 Å². The molecule has 0 amide bonds. The van der Waals surface area contributed by atoms with E-state index in [1.165, 1.54) is 0 Å². The predicted molar refractivity (Wildman–Crippen MR) is 105 cm³/mol. The molecule has 1 aliphatic rings. The first-order valence-electron chi connectivity index (χ1n) is 9.69. The van der Waals surface area contributed by atoms with Gasteiger partial charge in [0.2, 0.25) is 0 Å². The second-order valence-electron chi connectivity index (χ2n) is 7.06. The van der Waals surface area contributed by atoms with Crippen LogP contribution in [0, 0.1) is 0 Å². The van der Waals surface area contributed by atoms with Gasteiger partial charge in [-0.3, -0.25) is 9.67 Å². The highest BCUT2D eigenvalue weighted by atomic mass is 16.5. The minimum atomic E-state index is 0.178. The zero-order valence-electron chi connectivity index (χ0n) is 16.0. The molecule has 3 aromatic heterocycles. The Kier molecular flexibility index (Phi) is 5.29. The molecular weight excluding hydrogens is 340 g/mol. The summed E-state index contributed by atoms with van der Waals surface area (Å²) in [7, 11) is 1.93. The van der Waals surface area contributed by atoms with Crippen LogP contribution in [0.2, 0.25) is 0 Å². The first-order chi connectivity index (χ1) is 13.2. The number of pyridine rings is 1. The summed E-state index contributed by atoms with van der Waals surface area (Å²) in [6.45, 7) is 4.51. The lowest BCUT2D eigenvalue weighted by Crippen LogP contribution is -2.40. The Balaban J connectivity index is 1.53. The van der Waals surface area contributed by atoms with Crippen molar-refractivity contribution in [3.8, 4) is 0 Å². The van der Waals surface area contributed by atoms with Crippen molar-refractivity contribution >= 4 is 16.9 Å². The molecule has 1 atom stereocenters. The molecule has 1 aliphatic heterocycles. The van der Waals surface area contributed by atoms with Crippen molar-refractivity contribution in [1.29, 1.82) is 0 Å². The third-order valence-corrected chi connectivity index (χ3v) is 4.96. The number of aromatic nitrogens is 5. The Labute approximate surface area is 159 Å². The largest absolute Gasteiger partial charge is 0.370 e. The van der Waals surface area contributed by atoms with Crippen LogP contribution in [-0.4, -0.2) is 43.9 Å². The number of hydrogen-bond acceptors (Lipinski definition) is 6. The number of anilines is 1. The lowest BCUT2D eigenvalue weighted by atomic mass is 10.1. The maximum absolute atomic E-state index is 6.15. The van der Waals surface area contributed by atoms with E-state index in [0.29, 0.717) is 6.61 Å². The van der Waals surface area contributed by atoms with E-state index in [1.807, 2.05) is 36.1 Å². The van der Waals surface area contributed by atoms with Crippen LogP contribution in [0.15, 0.2) is 30.6 Å². The van der Waals surface area contributed by atoms with Gasteiger partial charge in [-0.15, -0.1) is 0 Å². The van der Waals surface area contributed by atoms with Crippen LogP contribution in [-0.2, 0) is 24.8 Å². The van der Waals surface area contributed by atoms with E-state index in [-0.39, 0.29) is 6.10 Å². The molecule has 0 bridgehead atoms. The number of piperidine rings is 1. The maximum atomic E-state index is 6.15. The third-order valence-electron chi connectivity index (χ3n) is 4.96. The summed E-state index contributed by atoms with van der Waals surface area (Å²) in [5.74, 6) is 1.88. The number of aryl methyl sites for hydroxylation is 2. The average molecular weight is 366 g/mol. The van der Waals surface area contributed by atoms with Crippen LogP contribution < -0.4 is 4.90 Å². The Morgan fingerprint density at radius 1 is 1.26 bits per heavy atom. The monoisotopic (exact) mass is 366 g/mol. The molecular formula is C20H26N6O. The minimum Gasteiger partial charge on any atom is -0.370 e. The molecule has 0 aromatic carbocycles. The summed E-state index contributed by atoms with van der Waals surface area (Å²) in [4.78, 5) is 16.2. The lowest BCUT2D eigenvalue weighted by molar-refractivity contribution is 0.0297. The lowest BCUT2D eigenvalue weighted by Gasteiger charge is -2.33. The average Bonchev–Trinajstić information content (AvgIpc) is 3.08. The second-order valence-corrected chi connectivity index (χ2v) is 7.06. The summed E-state index contributed by atoms with van der Waals surface area (Å²) in [6, 6.07) is 5.92. The van der Waals surface area contributed by atoms with Crippen LogP contribution in [0.4, 0.5) is 5.82 Å². The molecule has 0 aliphatic carbocycles. The summed E-state index contributed by atoms with van der Waals surface area (Å²) >= 11 is 0. The summed E-state index contributed by atoms with van der Waals surface area (Å²) in [6.07, 6.45) is 7.91. The van der Waals surface area contributed by atoms with Gasteiger partial charge in [-0.2, -0.15) is 5.10 Å². The maximum Gasteiger partial charge on any atom is 0.163 e. The molecule has 0 unspecified atom stereocenters. The number of ether oxygens (including phenoxy) is 1. The molecule has 3 aromatic rings. The molecule has 27 heavy (non-hydrogen) atoms. The fourth-order valence-electron chi connectivity index (χ4n) is 3.58. The van der Waals surface area contributed by atoms with Crippen LogP contribution in [0.3, 0.4) is 0 Å². The molecule has 7 nitrogen and oxygen atoms in total. The van der Waals surface area contributed by atoms with Crippen LogP contribution in [0.25, 0.3) is 11.0 Å². The molecule has 4 heterocycles. The molecule has 0 N–H and O–H groups in total. The molecule has 1 fully saturated rings. The third kappa shape index (κ3) is 3.93. The predicted octanol–water partition coefficient (Wildman–Crippen LogP) is 2.90. The van der Waals surface area contributed by atoms with Crippen molar-refractivity contribution in [2.24, 2.45) is 7.05 Å². The smallest absolute Gasteiger partial charge is 0.163 e. The van der Waals surface area contributed by atoms with E-state index in [1.54, 1.807) is 6.20 Å². The van der Waals surface area contributed by atoms with Crippen molar-refractivity contribution in [1.82, 2.24) is 24.7 Å². The van der Waals surface area contributed by atoms with Gasteiger partial charge in [0.15, 0.2) is 5.65 Å². The fraction of sp³-hybridized carbons (Fsp3) is 0.500. The van der Waals surface area contributed by atoms with E-state index in [2.05, 4.69) is 21.9 Å². The van der Waals surface area contributed by atoms with Gasteiger partial charge in [0.25, 0.3) is 0 Å². The number of nitrogens with zero attached hydrogens (tertiary/aromatic N) is 6. The number of rotatable bonds is 6. The molecule has 4 rings (SSSR count). The van der Waals surface area contributed by atoms with Crippen molar-refractivity contribution in [2.45, 2.75) is 45.3 Å². The zero-order chi connectivity index (χ0) is 18.6. The van der Waals surface area contributed by atoms with Crippen molar-refractivity contribution in [3.63, 3.8) is 0 Å². The highest BCUT2D eigenvalue weighted by molar-refractivity contribution is 5.87. The van der Waals surface area contributed by atoms with E-state index in [4.69, 9.17) is 14.7 Å². The minimum absolute atomic E-state index is 0.178. The van der Waals surface area contributed by atoms with Crippen molar-refractivity contribution in [2.75, 3.05) is 18.0 Å². The SMILES string of the molecule is CCCc1nc(N2CCC[C@@H](OCc3ccccn3)C2)c2cnn(C)c2n1. The first-order valence-corrected chi connectivity index (χ1v) is 9.69. The van der Waals surface area contributed by atoms with Crippen LogP contribution in [0.5, 0.6) is 0 Å². The van der Waals surface area contributed by atoms with Gasteiger partial charge in [-0.1, -0.05) is 13.0 Å². The van der Waals surface area contributed by atoms with Crippen molar-refractivity contribution < 1.29 is 4.74 Å². The summed E-state index contributed by atoms with van der Waals surface area (Å²) < 4.78 is 7.98. The van der Waals surface area contributed by atoms with Gasteiger partial charge in [0.1, 0.15) is 11.6 Å². The van der Waals surface area contributed by atoms with E-state index >= 15 is 0 Å². The molecule has 0 spiro atoms. The van der Waals surface area contributed by atoms with Crippen LogP contribution >= 0.6 is 0 Å². The van der Waals surface area contributed by atoms with Gasteiger partial charge >= 0.3 is 0 Å². The summed E-state index contributed by atoms with van der Waals surface area (Å²) in [5, 5.41) is 5.41. The molecule has 0 saturated carbocycles. The highest BCUT2D eigenvalue weighted by Crippen LogP contribution is 2.27. The normalized spacial score (nSPS) is 17.6. The summed E-state index contributed by atoms with van der Waals surface area (Å²) in [5.41, 5.74) is 1.87. The first kappa shape index (κ1) is 17.9. The molecule has 7 heteroatoms. The van der Waals surface area contributed by atoms with Gasteiger partial charge in [-0.25, -0.2) is 9.97 Å². The highest BCUT2D eigenvalue weighted by Gasteiger charge is 2.24. The van der Waals surface area contributed by atoms with Crippen molar-refractivity contribution in [3.05, 3.63) is 42.1 Å². The zero-order valence-corrected chi connectivity index (χ0v) is 16.0. The van der Waals surface area contributed by atoms with E-state index in [9.17, 15) is 0 Å². The van der Waals surface area contributed by atoms with Crippen LogP contribution in [0.1, 0.15) is 37.7 Å². The van der Waals surface area contributed by atoms with E-state index < -0.39 is 0 Å². The van der Waals surface area contributed by atoms with Gasteiger partial charge in [0.05, 0.1) is 30.0 Å². The topological polar surface area (TPSA) is 69.0 Å². The second kappa shape index (κ2) is 8.00. The molecule has 142 valence electrons. The Morgan fingerprint density at radius 3 is 3.00 bits per heavy atom. The molecule has 1 saturated heterocycles. The quantitative estimate of drug-likeness (QED) is 0.668. The standard InChI is InChI=1S/C20H26N6O/c1-3-7-18-23-19-17(12-22-25(19)2)20(24-18)26-11-6-9-16(13-26)27-14-15-8-4-5-10-21-15/h4-5,8,10,12,16H,3,6-7,9,11,13-14H2,1-2H3/t16-/m1/s1. The van der Waals surface area contributed by atoms with Gasteiger partial charge in [0, 0.05) is 32.8 Å². The fourth-order valence-corrected chi connectivity index (χ4v) is 3.58. The number of hydrogen-bond donors (Lipinski definition) is 0. The van der Waals surface area contributed by atoms with Gasteiger partial charge < -0.3 is 9.64 Å². The Bertz CT molecular complexity index is 894. The Morgan fingerprint density at radius 2 is 2.19 bits per heavy atom. The Hall–Kier alpha value is -2.54. The molecule has 0 radical (unpaired) electrons.